The first-order valence-corrected chi connectivity index (χ1v) is 10.6. The number of thioether (sulfide) groups is 1. The van der Waals surface area contributed by atoms with Crippen LogP contribution in [-0.2, 0) is 9.59 Å². The summed E-state index contributed by atoms with van der Waals surface area (Å²) < 4.78 is 0. The van der Waals surface area contributed by atoms with Crippen LogP contribution in [0.4, 0.5) is 5.69 Å². The number of nitrogens with zero attached hydrogens (tertiary/aromatic N) is 2. The van der Waals surface area contributed by atoms with Gasteiger partial charge in [-0.2, -0.15) is 0 Å². The lowest BCUT2D eigenvalue weighted by Gasteiger charge is -2.27. The fourth-order valence-electron chi connectivity index (χ4n) is 3.38. The van der Waals surface area contributed by atoms with Crippen molar-refractivity contribution in [2.45, 2.75) is 42.2 Å². The Morgan fingerprint density at radius 2 is 2.03 bits per heavy atom. The van der Waals surface area contributed by atoms with Gasteiger partial charge in [-0.25, -0.2) is 0 Å². The molecular formula is C20H21N3O4S2. The summed E-state index contributed by atoms with van der Waals surface area (Å²) in [6, 6.07) is 4.79. The lowest BCUT2D eigenvalue weighted by atomic mass is 10.0. The molecule has 1 N–H and O–H groups in total. The monoisotopic (exact) mass is 431 g/mol. The number of carbonyl (C=O) groups excluding carboxylic acids is 2. The van der Waals surface area contributed by atoms with Crippen molar-refractivity contribution in [1.82, 2.24) is 10.2 Å². The summed E-state index contributed by atoms with van der Waals surface area (Å²) in [6.45, 7) is 3.74. The highest BCUT2D eigenvalue weighted by Gasteiger charge is 2.32. The maximum Gasteiger partial charge on any atom is 0.283 e. The third kappa shape index (κ3) is 4.91. The number of rotatable bonds is 6. The molecule has 152 valence electrons. The minimum atomic E-state index is -0.622. The molecule has 2 fully saturated rings. The Morgan fingerprint density at radius 3 is 2.69 bits per heavy atom. The molecule has 2 aliphatic rings. The number of benzene rings is 1. The number of nitrogens with one attached hydrogen (secondary N) is 1. The molecule has 1 saturated heterocycles. The van der Waals surface area contributed by atoms with E-state index in [0.717, 1.165) is 25.7 Å². The standard InChI is InChI=1S/C20H21N3O4S2/c1-2-10-22-19(25)15(18(24)21-20(22)28)11-13-8-9-17(16(12-13)23(26)27)29-14-6-4-3-5-7-14/h2,8-9,11-12,14H,1,3-7,10H2,(H,21,24,28)/b15-11+. The summed E-state index contributed by atoms with van der Waals surface area (Å²) >= 11 is 6.56. The Morgan fingerprint density at radius 1 is 1.31 bits per heavy atom. The van der Waals surface area contributed by atoms with E-state index in [1.807, 2.05) is 0 Å². The minimum Gasteiger partial charge on any atom is -0.298 e. The van der Waals surface area contributed by atoms with Crippen LogP contribution >= 0.6 is 24.0 Å². The largest absolute Gasteiger partial charge is 0.298 e. The zero-order chi connectivity index (χ0) is 21.0. The van der Waals surface area contributed by atoms with Crippen molar-refractivity contribution in [3.8, 4) is 0 Å². The van der Waals surface area contributed by atoms with Crippen molar-refractivity contribution in [2.24, 2.45) is 0 Å². The Hall–Kier alpha value is -2.52. The first-order chi connectivity index (χ1) is 13.9. The van der Waals surface area contributed by atoms with Crippen molar-refractivity contribution in [3.05, 3.63) is 52.1 Å². The van der Waals surface area contributed by atoms with E-state index in [4.69, 9.17) is 12.2 Å². The number of amides is 2. The van der Waals surface area contributed by atoms with Gasteiger partial charge in [-0.05, 0) is 42.8 Å². The van der Waals surface area contributed by atoms with Crippen molar-refractivity contribution in [1.29, 1.82) is 0 Å². The molecule has 29 heavy (non-hydrogen) atoms. The summed E-state index contributed by atoms with van der Waals surface area (Å²) in [5.74, 6) is -1.18. The molecule has 1 aromatic carbocycles. The van der Waals surface area contributed by atoms with E-state index in [1.54, 1.807) is 12.1 Å². The number of thiocarbonyl (C=S) groups is 1. The van der Waals surface area contributed by atoms with Crippen LogP contribution in [0.25, 0.3) is 6.08 Å². The predicted molar refractivity (Wildman–Crippen MR) is 116 cm³/mol. The second-order valence-corrected chi connectivity index (χ2v) is 8.61. The average molecular weight is 432 g/mol. The van der Waals surface area contributed by atoms with Crippen LogP contribution in [0.1, 0.15) is 37.7 Å². The lowest BCUT2D eigenvalue weighted by Crippen LogP contribution is -2.53. The van der Waals surface area contributed by atoms with Gasteiger partial charge in [-0.15, -0.1) is 18.3 Å². The quantitative estimate of drug-likeness (QED) is 0.184. The van der Waals surface area contributed by atoms with Crippen molar-refractivity contribution in [2.75, 3.05) is 6.54 Å². The Kier molecular flexibility index (Phi) is 6.81. The van der Waals surface area contributed by atoms with Crippen LogP contribution in [0.15, 0.2) is 41.3 Å². The highest BCUT2D eigenvalue weighted by atomic mass is 32.2. The smallest absolute Gasteiger partial charge is 0.283 e. The van der Waals surface area contributed by atoms with Crippen molar-refractivity contribution in [3.63, 3.8) is 0 Å². The van der Waals surface area contributed by atoms with Gasteiger partial charge in [0.25, 0.3) is 17.5 Å². The van der Waals surface area contributed by atoms with Crippen LogP contribution in [0.2, 0.25) is 0 Å². The lowest BCUT2D eigenvalue weighted by molar-refractivity contribution is -0.387. The minimum absolute atomic E-state index is 0.0160. The first-order valence-electron chi connectivity index (χ1n) is 9.35. The number of hydrogen-bond donors (Lipinski definition) is 1. The topological polar surface area (TPSA) is 92.6 Å². The van der Waals surface area contributed by atoms with Crippen molar-refractivity contribution >= 4 is 52.7 Å². The van der Waals surface area contributed by atoms with Gasteiger partial charge >= 0.3 is 0 Å². The van der Waals surface area contributed by atoms with Gasteiger partial charge in [0.05, 0.1) is 9.82 Å². The summed E-state index contributed by atoms with van der Waals surface area (Å²) in [5, 5.41) is 14.5. The first kappa shape index (κ1) is 21.2. The van der Waals surface area contributed by atoms with Crippen LogP contribution in [0.3, 0.4) is 0 Å². The third-order valence-electron chi connectivity index (χ3n) is 4.83. The van der Waals surface area contributed by atoms with Crippen LogP contribution in [0, 0.1) is 10.1 Å². The Balaban J connectivity index is 1.89. The van der Waals surface area contributed by atoms with E-state index < -0.39 is 16.7 Å². The Labute approximate surface area is 178 Å². The summed E-state index contributed by atoms with van der Waals surface area (Å²) in [4.78, 5) is 37.9. The zero-order valence-corrected chi connectivity index (χ0v) is 17.4. The van der Waals surface area contributed by atoms with Crippen LogP contribution < -0.4 is 5.32 Å². The van der Waals surface area contributed by atoms with Gasteiger partial charge < -0.3 is 0 Å². The van der Waals surface area contributed by atoms with E-state index in [1.165, 1.54) is 41.3 Å². The highest BCUT2D eigenvalue weighted by Crippen LogP contribution is 2.38. The summed E-state index contributed by atoms with van der Waals surface area (Å²) in [7, 11) is 0. The number of carbonyl (C=O) groups is 2. The maximum absolute atomic E-state index is 12.6. The molecule has 0 bridgehead atoms. The van der Waals surface area contributed by atoms with Gasteiger partial charge in [-0.3, -0.25) is 29.9 Å². The molecule has 1 aliphatic carbocycles. The Bertz CT molecular complexity index is 907. The fraction of sp³-hybridized carbons (Fsp3) is 0.350. The van der Waals surface area contributed by atoms with Gasteiger partial charge in [0.15, 0.2) is 5.11 Å². The molecule has 1 saturated carbocycles. The molecule has 1 heterocycles. The third-order valence-corrected chi connectivity index (χ3v) is 6.56. The molecule has 9 heteroatoms. The molecule has 7 nitrogen and oxygen atoms in total. The van der Waals surface area contributed by atoms with E-state index in [2.05, 4.69) is 11.9 Å². The molecule has 0 spiro atoms. The van der Waals surface area contributed by atoms with Crippen LogP contribution in [0.5, 0.6) is 0 Å². The maximum atomic E-state index is 12.6. The van der Waals surface area contributed by atoms with E-state index in [0.29, 0.717) is 15.7 Å². The normalized spacial score (nSPS) is 19.4. The zero-order valence-electron chi connectivity index (χ0n) is 15.8. The molecule has 0 atom stereocenters. The molecule has 0 unspecified atom stereocenters. The second kappa shape index (κ2) is 9.32. The van der Waals surface area contributed by atoms with Gasteiger partial charge in [0.2, 0.25) is 0 Å². The van der Waals surface area contributed by atoms with Gasteiger partial charge in [0.1, 0.15) is 5.57 Å². The van der Waals surface area contributed by atoms with E-state index in [-0.39, 0.29) is 22.9 Å². The summed E-state index contributed by atoms with van der Waals surface area (Å²) in [5.41, 5.74) is 0.272. The summed E-state index contributed by atoms with van der Waals surface area (Å²) in [6.07, 6.45) is 8.49. The molecule has 1 aromatic rings. The second-order valence-electron chi connectivity index (χ2n) is 6.88. The van der Waals surface area contributed by atoms with E-state index in [9.17, 15) is 19.7 Å². The van der Waals surface area contributed by atoms with Crippen molar-refractivity contribution < 1.29 is 14.5 Å². The van der Waals surface area contributed by atoms with Crippen LogP contribution in [-0.4, -0.2) is 38.5 Å². The molecule has 1 aliphatic heterocycles. The molecule has 2 amide bonds. The molecule has 3 rings (SSSR count). The predicted octanol–water partition coefficient (Wildman–Crippen LogP) is 3.83. The SMILES string of the molecule is C=CCN1C(=O)/C(=C/c2ccc(SC3CCCCC3)c([N+](=O)[O-])c2)C(=O)NC1=S. The molecule has 0 aromatic heterocycles. The van der Waals surface area contributed by atoms with Gasteiger partial charge in [-0.1, -0.05) is 31.4 Å². The molecule has 0 radical (unpaired) electrons. The number of nitro benzene ring substituents is 1. The average Bonchev–Trinajstić information content (AvgIpc) is 2.70. The number of hydrogen-bond acceptors (Lipinski definition) is 6. The van der Waals surface area contributed by atoms with Gasteiger partial charge in [0, 0.05) is 17.9 Å². The van der Waals surface area contributed by atoms with E-state index >= 15 is 0 Å². The number of nitro groups is 1. The fourth-order valence-corrected chi connectivity index (χ4v) is 4.96. The molecular weight excluding hydrogens is 410 g/mol. The highest BCUT2D eigenvalue weighted by molar-refractivity contribution is 8.00.